The van der Waals surface area contributed by atoms with E-state index in [1.54, 1.807) is 12.4 Å². The number of phenolic OH excluding ortho intramolecular Hbond substituents is 1. The molecule has 1 amide bonds. The molecule has 2 aromatic heterocycles. The monoisotopic (exact) mass is 499 g/mol. The quantitative estimate of drug-likeness (QED) is 0.225. The van der Waals surface area contributed by atoms with Crippen molar-refractivity contribution < 1.29 is 24.5 Å². The van der Waals surface area contributed by atoms with E-state index in [-0.39, 0.29) is 24.5 Å². The first-order valence-corrected chi connectivity index (χ1v) is 12.4. The van der Waals surface area contributed by atoms with E-state index in [1.807, 2.05) is 54.6 Å². The summed E-state index contributed by atoms with van der Waals surface area (Å²) < 4.78 is 5.51. The molecule has 0 radical (unpaired) electrons. The summed E-state index contributed by atoms with van der Waals surface area (Å²) in [6.07, 6.45) is 6.10. The first-order chi connectivity index (χ1) is 18.0. The number of aromatic hydroxyl groups is 1. The number of nitrogens with one attached hydrogen (secondary N) is 2. The molecule has 8 nitrogen and oxygen atoms in total. The fourth-order valence-corrected chi connectivity index (χ4v) is 4.34. The number of carbonyl (C=O) groups excluding carboxylic acids is 1. The maximum absolute atomic E-state index is 12.5. The Morgan fingerprint density at radius 3 is 2.62 bits per heavy atom. The van der Waals surface area contributed by atoms with Crippen LogP contribution in [0.5, 0.6) is 5.75 Å². The number of para-hydroxylation sites is 1. The maximum atomic E-state index is 12.5. The number of hydrogen-bond acceptors (Lipinski definition) is 5. The maximum Gasteiger partial charge on any atom is 0.326 e. The van der Waals surface area contributed by atoms with E-state index in [2.05, 4.69) is 15.3 Å². The Kier molecular flexibility index (Phi) is 7.18. The van der Waals surface area contributed by atoms with Gasteiger partial charge in [0.25, 0.3) is 0 Å². The highest BCUT2D eigenvalue weighted by molar-refractivity contribution is 5.89. The van der Waals surface area contributed by atoms with Gasteiger partial charge in [-0.25, -0.2) is 4.79 Å². The largest absolute Gasteiger partial charge is 0.507 e. The molecule has 2 heterocycles. The molecular weight excluding hydrogens is 470 g/mol. The minimum absolute atomic E-state index is 0.0577. The lowest BCUT2D eigenvalue weighted by Crippen LogP contribution is -2.42. The fraction of sp³-hybridized carbons (Fsp3) is 0.276. The molecule has 1 unspecified atom stereocenters. The molecule has 4 N–H and O–H groups in total. The van der Waals surface area contributed by atoms with Gasteiger partial charge in [0.1, 0.15) is 11.8 Å². The number of aromatic amines is 1. The summed E-state index contributed by atoms with van der Waals surface area (Å²) in [4.78, 5) is 31.5. The molecule has 2 aromatic carbocycles. The molecular formula is C29H29N3O5. The van der Waals surface area contributed by atoms with Gasteiger partial charge in [0, 0.05) is 42.3 Å². The van der Waals surface area contributed by atoms with Crippen LogP contribution in [-0.2, 0) is 20.7 Å². The SMILES string of the molecule is O=C(Cc1ccc(-c2cccc(-c3cc4ccncc4[nH]3)c2O)cc1)NC(CCOCC1CC1)C(=O)O. The molecule has 1 aliphatic carbocycles. The number of amides is 1. The number of hydrogen-bond donors (Lipinski definition) is 4. The van der Waals surface area contributed by atoms with Crippen LogP contribution in [0.3, 0.4) is 0 Å². The van der Waals surface area contributed by atoms with E-state index in [9.17, 15) is 19.8 Å². The summed E-state index contributed by atoms with van der Waals surface area (Å²) in [6, 6.07) is 15.8. The summed E-state index contributed by atoms with van der Waals surface area (Å²) in [7, 11) is 0. The second kappa shape index (κ2) is 10.8. The van der Waals surface area contributed by atoms with Gasteiger partial charge in [0.2, 0.25) is 5.91 Å². The van der Waals surface area contributed by atoms with Crippen molar-refractivity contribution in [3.8, 4) is 28.1 Å². The normalized spacial score (nSPS) is 13.9. The number of carboxylic acid groups (broad SMARTS) is 1. The van der Waals surface area contributed by atoms with Gasteiger partial charge in [-0.3, -0.25) is 9.78 Å². The zero-order chi connectivity index (χ0) is 25.8. The van der Waals surface area contributed by atoms with E-state index in [0.29, 0.717) is 30.3 Å². The lowest BCUT2D eigenvalue weighted by molar-refractivity contribution is -0.142. The standard InChI is InChI=1S/C29H29N3O5/c33-27(32-24(29(35)36)11-13-37-17-19-4-5-19)14-18-6-8-20(9-7-18)22-2-1-3-23(28(22)34)25-15-21-10-12-30-16-26(21)31-25/h1-3,6-10,12,15-16,19,24,31,34H,4-5,11,13-14,17H2,(H,32,33)(H,35,36). The third-order valence-electron chi connectivity index (χ3n) is 6.61. The zero-order valence-electron chi connectivity index (χ0n) is 20.3. The summed E-state index contributed by atoms with van der Waals surface area (Å²) in [5, 5.41) is 24.1. The number of benzene rings is 2. The van der Waals surface area contributed by atoms with Crippen LogP contribution >= 0.6 is 0 Å². The number of rotatable bonds is 11. The lowest BCUT2D eigenvalue weighted by atomic mass is 9.98. The molecule has 190 valence electrons. The number of ether oxygens (including phenoxy) is 1. The van der Waals surface area contributed by atoms with Crippen LogP contribution in [0.1, 0.15) is 24.8 Å². The van der Waals surface area contributed by atoms with Gasteiger partial charge in [0.15, 0.2) is 0 Å². The third-order valence-corrected chi connectivity index (χ3v) is 6.61. The second-order valence-electron chi connectivity index (χ2n) is 9.49. The minimum atomic E-state index is -1.07. The number of nitrogens with zero attached hydrogens (tertiary/aromatic N) is 1. The highest BCUT2D eigenvalue weighted by atomic mass is 16.5. The van der Waals surface area contributed by atoms with Gasteiger partial charge >= 0.3 is 5.97 Å². The Hall–Kier alpha value is -4.17. The molecule has 0 aliphatic heterocycles. The van der Waals surface area contributed by atoms with E-state index < -0.39 is 12.0 Å². The average Bonchev–Trinajstić information content (AvgIpc) is 3.62. The molecule has 1 atom stereocenters. The van der Waals surface area contributed by atoms with Crippen LogP contribution < -0.4 is 5.32 Å². The average molecular weight is 500 g/mol. The Morgan fingerprint density at radius 1 is 1.11 bits per heavy atom. The van der Waals surface area contributed by atoms with Crippen molar-refractivity contribution in [2.45, 2.75) is 31.7 Å². The molecule has 1 aliphatic rings. The lowest BCUT2D eigenvalue weighted by Gasteiger charge is -2.15. The Labute approximate surface area is 214 Å². The van der Waals surface area contributed by atoms with Gasteiger partial charge in [-0.1, -0.05) is 36.4 Å². The molecule has 0 spiro atoms. The Bertz CT molecular complexity index is 1380. The van der Waals surface area contributed by atoms with Gasteiger partial charge in [-0.05, 0) is 48.1 Å². The molecule has 1 saturated carbocycles. The van der Waals surface area contributed by atoms with Gasteiger partial charge in [0.05, 0.1) is 23.8 Å². The number of carboxylic acids is 1. The molecule has 0 saturated heterocycles. The zero-order valence-corrected chi connectivity index (χ0v) is 20.3. The van der Waals surface area contributed by atoms with Crippen molar-refractivity contribution in [3.05, 3.63) is 72.6 Å². The van der Waals surface area contributed by atoms with Crippen LogP contribution in [0.15, 0.2) is 67.0 Å². The third kappa shape index (κ3) is 5.98. The first kappa shape index (κ1) is 24.5. The summed E-state index contributed by atoms with van der Waals surface area (Å²) in [6.45, 7) is 0.963. The van der Waals surface area contributed by atoms with Gasteiger partial charge < -0.3 is 25.3 Å². The Balaban J connectivity index is 1.23. The predicted molar refractivity (Wildman–Crippen MR) is 140 cm³/mol. The Morgan fingerprint density at radius 2 is 1.89 bits per heavy atom. The number of aromatic nitrogens is 2. The molecule has 0 bridgehead atoms. The van der Waals surface area contributed by atoms with Crippen LogP contribution in [0.2, 0.25) is 0 Å². The predicted octanol–water partition coefficient (Wildman–Crippen LogP) is 4.53. The van der Waals surface area contributed by atoms with E-state index in [4.69, 9.17) is 4.74 Å². The summed E-state index contributed by atoms with van der Waals surface area (Å²) in [5.41, 5.74) is 4.58. The highest BCUT2D eigenvalue weighted by Crippen LogP contribution is 2.38. The van der Waals surface area contributed by atoms with E-state index in [1.165, 1.54) is 12.8 Å². The number of pyridine rings is 1. The smallest absolute Gasteiger partial charge is 0.326 e. The fourth-order valence-electron chi connectivity index (χ4n) is 4.34. The van der Waals surface area contributed by atoms with Crippen LogP contribution in [0, 0.1) is 5.92 Å². The number of phenols is 1. The minimum Gasteiger partial charge on any atom is -0.507 e. The number of carbonyl (C=O) groups is 2. The summed E-state index contributed by atoms with van der Waals surface area (Å²) >= 11 is 0. The number of fused-ring (bicyclic) bond motifs is 1. The van der Waals surface area contributed by atoms with Crippen molar-refractivity contribution >= 4 is 22.8 Å². The molecule has 8 heteroatoms. The second-order valence-corrected chi connectivity index (χ2v) is 9.49. The van der Waals surface area contributed by atoms with Gasteiger partial charge in [-0.2, -0.15) is 0 Å². The molecule has 37 heavy (non-hydrogen) atoms. The molecule has 5 rings (SSSR count). The number of H-pyrrole nitrogens is 1. The summed E-state index contributed by atoms with van der Waals surface area (Å²) in [5.74, 6) is -0.669. The molecule has 1 fully saturated rings. The van der Waals surface area contributed by atoms with Crippen LogP contribution in [0.4, 0.5) is 0 Å². The number of aliphatic carboxylic acids is 1. The van der Waals surface area contributed by atoms with Crippen LogP contribution in [0.25, 0.3) is 33.3 Å². The van der Waals surface area contributed by atoms with E-state index in [0.717, 1.165) is 27.7 Å². The highest BCUT2D eigenvalue weighted by Gasteiger charge is 2.23. The topological polar surface area (TPSA) is 125 Å². The van der Waals surface area contributed by atoms with Gasteiger partial charge in [-0.15, -0.1) is 0 Å². The van der Waals surface area contributed by atoms with Crippen molar-refractivity contribution in [2.24, 2.45) is 5.92 Å². The first-order valence-electron chi connectivity index (χ1n) is 12.4. The van der Waals surface area contributed by atoms with Crippen LogP contribution in [-0.4, -0.2) is 51.3 Å². The van der Waals surface area contributed by atoms with Crippen molar-refractivity contribution in [2.75, 3.05) is 13.2 Å². The van der Waals surface area contributed by atoms with Crippen molar-refractivity contribution in [1.82, 2.24) is 15.3 Å². The van der Waals surface area contributed by atoms with Crippen molar-refractivity contribution in [1.29, 1.82) is 0 Å². The molecule has 4 aromatic rings. The van der Waals surface area contributed by atoms with E-state index >= 15 is 0 Å². The van der Waals surface area contributed by atoms with Crippen molar-refractivity contribution in [3.63, 3.8) is 0 Å².